The lowest BCUT2D eigenvalue weighted by atomic mass is 9.79. The van der Waals surface area contributed by atoms with Gasteiger partial charge in [0.1, 0.15) is 12.2 Å². The molecule has 3 rings (SSSR count). The first-order chi connectivity index (χ1) is 16.3. The third kappa shape index (κ3) is 4.78. The normalized spacial score (nSPS) is 23.9. The molecule has 0 spiro atoms. The number of ether oxygens (including phenoxy) is 2. The van der Waals surface area contributed by atoms with Gasteiger partial charge >= 0.3 is 17.9 Å². The predicted molar refractivity (Wildman–Crippen MR) is 109 cm³/mol. The van der Waals surface area contributed by atoms with Crippen LogP contribution in [0.5, 0.6) is 34.5 Å². The van der Waals surface area contributed by atoms with Crippen LogP contribution in [0, 0.1) is 0 Å². The fourth-order valence-corrected chi connectivity index (χ4v) is 3.53. The molecule has 0 aliphatic heterocycles. The topological polar surface area (TPSA) is 252 Å². The van der Waals surface area contributed by atoms with E-state index in [-0.39, 0.29) is 0 Å². The minimum atomic E-state index is -2.55. The van der Waals surface area contributed by atoms with E-state index < -0.39 is 100 Å². The molecule has 0 amide bonds. The zero-order valence-electron chi connectivity index (χ0n) is 17.5. The summed E-state index contributed by atoms with van der Waals surface area (Å²) in [6, 6.07) is 2.80. The smallest absolute Gasteiger partial charge is 0.348 e. The van der Waals surface area contributed by atoms with Crippen LogP contribution < -0.4 is 0 Å². The first-order valence-electron chi connectivity index (χ1n) is 9.79. The number of esters is 2. The lowest BCUT2D eigenvalue weighted by Crippen LogP contribution is -2.59. The third-order valence-corrected chi connectivity index (χ3v) is 5.39. The van der Waals surface area contributed by atoms with E-state index >= 15 is 0 Å². The molecule has 0 unspecified atom stereocenters. The van der Waals surface area contributed by atoms with Gasteiger partial charge in [-0.25, -0.2) is 14.4 Å². The van der Waals surface area contributed by atoms with Crippen LogP contribution in [0.25, 0.3) is 0 Å². The van der Waals surface area contributed by atoms with Gasteiger partial charge in [0.15, 0.2) is 34.5 Å². The Bertz CT molecular complexity index is 1140. The molecular weight excluding hydrogens is 476 g/mol. The molecule has 1 aliphatic carbocycles. The monoisotopic (exact) mass is 496 g/mol. The van der Waals surface area contributed by atoms with Crippen molar-refractivity contribution in [3.8, 4) is 34.5 Å². The van der Waals surface area contributed by atoms with E-state index in [1.807, 2.05) is 0 Å². The van der Waals surface area contributed by atoms with Crippen molar-refractivity contribution in [2.45, 2.75) is 36.8 Å². The maximum Gasteiger partial charge on any atom is 0.348 e. The van der Waals surface area contributed by atoms with Crippen molar-refractivity contribution in [3.63, 3.8) is 0 Å². The third-order valence-electron chi connectivity index (χ3n) is 5.39. The van der Waals surface area contributed by atoms with Crippen LogP contribution in [0.4, 0.5) is 0 Å². The summed E-state index contributed by atoms with van der Waals surface area (Å²) in [6.07, 6.45) is -7.15. The van der Waals surface area contributed by atoms with Gasteiger partial charge in [-0.05, 0) is 24.3 Å². The molecule has 14 heteroatoms. The number of phenols is 6. The maximum absolute atomic E-state index is 12.6. The summed E-state index contributed by atoms with van der Waals surface area (Å²) in [5, 5.41) is 87.3. The van der Waals surface area contributed by atoms with E-state index in [4.69, 9.17) is 9.47 Å². The van der Waals surface area contributed by atoms with Gasteiger partial charge in [0.05, 0.1) is 17.2 Å². The van der Waals surface area contributed by atoms with Crippen molar-refractivity contribution in [1.82, 2.24) is 0 Å². The SMILES string of the molecule is O=C(O[C@@H]1C[C@@](OC(=O)c2cc(O)c(O)c(O)c2)(C(=O)O)C[C@@H](O)[C@@H]1O)c1cc(O)c(O)c(O)c1. The van der Waals surface area contributed by atoms with Gasteiger partial charge < -0.3 is 55.4 Å². The Kier molecular flexibility index (Phi) is 6.53. The highest BCUT2D eigenvalue weighted by atomic mass is 16.6. The molecule has 188 valence electrons. The highest BCUT2D eigenvalue weighted by Gasteiger charge is 2.54. The molecule has 0 bridgehead atoms. The Labute approximate surface area is 195 Å². The minimum Gasteiger partial charge on any atom is -0.504 e. The maximum atomic E-state index is 12.6. The molecule has 9 N–H and O–H groups in total. The van der Waals surface area contributed by atoms with Gasteiger partial charge in [0.2, 0.25) is 5.60 Å². The van der Waals surface area contributed by atoms with Crippen LogP contribution in [-0.4, -0.2) is 87.8 Å². The zero-order chi connectivity index (χ0) is 26.2. The van der Waals surface area contributed by atoms with E-state index in [0.29, 0.717) is 12.1 Å². The number of phenolic OH excluding ortho intramolecular Hbond substituents is 6. The standard InChI is InChI=1S/C21H20O14/c22-9-1-7(2-10(23)15(9)27)18(30)34-14-6-21(20(32)33,5-13(26)17(14)29)35-19(31)8-3-11(24)16(28)12(25)4-8/h1-4,13-14,17,22-29H,5-6H2,(H,32,33)/t13-,14-,17+,21-/m1/s1. The number of carbonyl (C=O) groups is 3. The fourth-order valence-electron chi connectivity index (χ4n) is 3.53. The van der Waals surface area contributed by atoms with Crippen LogP contribution in [0.2, 0.25) is 0 Å². The van der Waals surface area contributed by atoms with Gasteiger partial charge in [-0.3, -0.25) is 0 Å². The summed E-state index contributed by atoms with van der Waals surface area (Å²) in [5.74, 6) is -9.93. The molecule has 1 saturated carbocycles. The minimum absolute atomic E-state index is 0.502. The van der Waals surface area contributed by atoms with Crippen LogP contribution in [-0.2, 0) is 14.3 Å². The lowest BCUT2D eigenvalue weighted by molar-refractivity contribution is -0.188. The van der Waals surface area contributed by atoms with Crippen molar-refractivity contribution in [1.29, 1.82) is 0 Å². The molecule has 0 aromatic heterocycles. The van der Waals surface area contributed by atoms with Gasteiger partial charge in [0.25, 0.3) is 0 Å². The number of benzene rings is 2. The molecule has 1 fully saturated rings. The number of aliphatic carboxylic acids is 1. The second-order valence-corrected chi connectivity index (χ2v) is 7.83. The van der Waals surface area contributed by atoms with Crippen LogP contribution >= 0.6 is 0 Å². The Balaban J connectivity index is 1.88. The molecule has 2 aromatic rings. The van der Waals surface area contributed by atoms with Gasteiger partial charge in [-0.2, -0.15) is 0 Å². The molecule has 35 heavy (non-hydrogen) atoms. The average molecular weight is 496 g/mol. The Morgan fingerprint density at radius 2 is 1.17 bits per heavy atom. The highest BCUT2D eigenvalue weighted by Crippen LogP contribution is 2.39. The second-order valence-electron chi connectivity index (χ2n) is 7.83. The van der Waals surface area contributed by atoms with Crippen molar-refractivity contribution >= 4 is 17.9 Å². The fraction of sp³-hybridized carbons (Fsp3) is 0.286. The van der Waals surface area contributed by atoms with E-state index in [0.717, 1.165) is 12.1 Å². The Morgan fingerprint density at radius 3 is 1.60 bits per heavy atom. The van der Waals surface area contributed by atoms with Crippen LogP contribution in [0.1, 0.15) is 33.6 Å². The van der Waals surface area contributed by atoms with Gasteiger partial charge in [-0.1, -0.05) is 0 Å². The number of carboxylic acids is 1. The number of hydrogen-bond donors (Lipinski definition) is 9. The molecule has 14 nitrogen and oxygen atoms in total. The van der Waals surface area contributed by atoms with Crippen LogP contribution in [0.15, 0.2) is 24.3 Å². The number of carboxylic acid groups (broad SMARTS) is 1. The Morgan fingerprint density at radius 1 is 0.743 bits per heavy atom. The number of aliphatic hydroxyl groups is 2. The number of rotatable bonds is 5. The molecule has 4 atom stereocenters. The number of aliphatic hydroxyl groups excluding tert-OH is 2. The zero-order valence-corrected chi connectivity index (χ0v) is 17.5. The first-order valence-corrected chi connectivity index (χ1v) is 9.79. The first kappa shape index (κ1) is 25.2. The van der Waals surface area contributed by atoms with E-state index in [2.05, 4.69) is 0 Å². The lowest BCUT2D eigenvalue weighted by Gasteiger charge is -2.41. The number of aromatic hydroxyl groups is 6. The summed E-state index contributed by atoms with van der Waals surface area (Å²) in [7, 11) is 0. The van der Waals surface area contributed by atoms with E-state index in [1.165, 1.54) is 0 Å². The molecule has 1 aliphatic rings. The van der Waals surface area contributed by atoms with Crippen molar-refractivity contribution in [2.75, 3.05) is 0 Å². The summed E-state index contributed by atoms with van der Waals surface area (Å²) in [6.45, 7) is 0. The average Bonchev–Trinajstić information content (AvgIpc) is 2.78. The van der Waals surface area contributed by atoms with Crippen molar-refractivity contribution < 1.29 is 69.8 Å². The van der Waals surface area contributed by atoms with Crippen molar-refractivity contribution in [3.05, 3.63) is 35.4 Å². The van der Waals surface area contributed by atoms with Gasteiger partial charge in [0, 0.05) is 12.8 Å². The van der Waals surface area contributed by atoms with Gasteiger partial charge in [-0.15, -0.1) is 0 Å². The number of hydrogen-bond acceptors (Lipinski definition) is 13. The van der Waals surface area contributed by atoms with Crippen molar-refractivity contribution in [2.24, 2.45) is 0 Å². The highest BCUT2D eigenvalue weighted by molar-refractivity contribution is 5.94. The molecule has 2 aromatic carbocycles. The van der Waals surface area contributed by atoms with E-state index in [1.54, 1.807) is 0 Å². The molecular formula is C21H20O14. The Hall–Kier alpha value is -4.43. The summed E-state index contributed by atoms with van der Waals surface area (Å²) >= 11 is 0. The summed E-state index contributed by atoms with van der Waals surface area (Å²) in [5.41, 5.74) is -3.62. The second kappa shape index (κ2) is 9.08. The molecule has 0 radical (unpaired) electrons. The predicted octanol–water partition coefficient (Wildman–Crippen LogP) is -0.358. The largest absolute Gasteiger partial charge is 0.504 e. The summed E-state index contributed by atoms with van der Waals surface area (Å²) in [4.78, 5) is 37.1. The quantitative estimate of drug-likeness (QED) is 0.189. The summed E-state index contributed by atoms with van der Waals surface area (Å²) < 4.78 is 10.1. The number of carbonyl (C=O) groups excluding carboxylic acids is 2. The molecule has 0 saturated heterocycles. The van der Waals surface area contributed by atoms with Crippen LogP contribution in [0.3, 0.4) is 0 Å². The van der Waals surface area contributed by atoms with E-state index in [9.17, 15) is 60.3 Å². The molecule has 0 heterocycles.